The van der Waals surface area contributed by atoms with Crippen LogP contribution < -0.4 is 5.32 Å². The van der Waals surface area contributed by atoms with E-state index in [9.17, 15) is 14.0 Å². The van der Waals surface area contributed by atoms with Crippen molar-refractivity contribution in [2.75, 3.05) is 6.54 Å². The van der Waals surface area contributed by atoms with Gasteiger partial charge >= 0.3 is 5.97 Å². The molecule has 0 saturated carbocycles. The molecule has 0 fully saturated rings. The second-order valence-corrected chi connectivity index (χ2v) is 4.01. The largest absolute Gasteiger partial charge is 0.481 e. The Bertz CT molecular complexity index is 420. The minimum atomic E-state index is -0.843. The molecule has 0 spiro atoms. The molecule has 0 radical (unpaired) electrons. The van der Waals surface area contributed by atoms with Gasteiger partial charge in [0.05, 0.1) is 11.5 Å². The number of carboxylic acids is 1. The molecule has 0 aliphatic carbocycles. The zero-order valence-corrected chi connectivity index (χ0v) is 10.0. The van der Waals surface area contributed by atoms with E-state index in [0.717, 1.165) is 12.3 Å². The Labute approximate surface area is 104 Å². The summed E-state index contributed by atoms with van der Waals surface area (Å²) in [6.07, 6.45) is 2.23. The van der Waals surface area contributed by atoms with Gasteiger partial charge in [-0.15, -0.1) is 0 Å². The van der Waals surface area contributed by atoms with Crippen LogP contribution in [-0.2, 0) is 4.79 Å². The van der Waals surface area contributed by atoms with Crippen LogP contribution in [0.5, 0.6) is 0 Å². The highest BCUT2D eigenvalue weighted by Gasteiger charge is 2.10. The Morgan fingerprint density at radius 3 is 2.78 bits per heavy atom. The number of nitrogens with one attached hydrogen (secondary N) is 1. The second-order valence-electron chi connectivity index (χ2n) is 4.01. The number of carbonyl (C=O) groups is 2. The summed E-state index contributed by atoms with van der Waals surface area (Å²) in [5.74, 6) is -2.24. The van der Waals surface area contributed by atoms with Crippen molar-refractivity contribution in [3.63, 3.8) is 0 Å². The van der Waals surface area contributed by atoms with Crippen molar-refractivity contribution in [3.05, 3.63) is 29.8 Å². The predicted octanol–water partition coefficient (Wildman–Crippen LogP) is 1.45. The summed E-state index contributed by atoms with van der Waals surface area (Å²) >= 11 is 0. The molecule has 5 nitrogen and oxygen atoms in total. The lowest BCUT2D eigenvalue weighted by Gasteiger charge is -2.07. The fourth-order valence-corrected chi connectivity index (χ4v) is 1.35. The van der Waals surface area contributed by atoms with Crippen molar-refractivity contribution in [1.29, 1.82) is 0 Å². The SMILES string of the molecule is CC(CCCNC(=O)c1ccc(F)nc1)C(=O)O. The molecule has 0 aliphatic rings. The van der Waals surface area contributed by atoms with E-state index in [4.69, 9.17) is 5.11 Å². The molecule has 0 aromatic carbocycles. The smallest absolute Gasteiger partial charge is 0.306 e. The number of rotatable bonds is 6. The molecule has 0 aliphatic heterocycles. The molecule has 6 heteroatoms. The fraction of sp³-hybridized carbons (Fsp3) is 0.417. The van der Waals surface area contributed by atoms with Crippen LogP contribution in [0.3, 0.4) is 0 Å². The van der Waals surface area contributed by atoms with Crippen molar-refractivity contribution in [1.82, 2.24) is 10.3 Å². The van der Waals surface area contributed by atoms with Gasteiger partial charge in [0.25, 0.3) is 5.91 Å². The van der Waals surface area contributed by atoms with Gasteiger partial charge in [-0.25, -0.2) is 4.98 Å². The quantitative estimate of drug-likeness (QED) is 0.595. The maximum absolute atomic E-state index is 12.5. The molecule has 1 atom stereocenters. The molecule has 98 valence electrons. The van der Waals surface area contributed by atoms with Crippen LogP contribution in [0.25, 0.3) is 0 Å². The monoisotopic (exact) mass is 254 g/mol. The fourth-order valence-electron chi connectivity index (χ4n) is 1.35. The number of nitrogens with zero attached hydrogens (tertiary/aromatic N) is 1. The first kappa shape index (κ1) is 14.1. The molecule has 1 unspecified atom stereocenters. The Kier molecular flexibility index (Phi) is 5.23. The average Bonchev–Trinajstić information content (AvgIpc) is 2.34. The van der Waals surface area contributed by atoms with Crippen LogP contribution in [0.15, 0.2) is 18.3 Å². The van der Waals surface area contributed by atoms with Gasteiger partial charge in [0.2, 0.25) is 5.95 Å². The predicted molar refractivity (Wildman–Crippen MR) is 62.6 cm³/mol. The summed E-state index contributed by atoms with van der Waals surface area (Å²) in [5, 5.41) is 11.3. The first-order chi connectivity index (χ1) is 8.50. The topological polar surface area (TPSA) is 79.3 Å². The van der Waals surface area contributed by atoms with Crippen LogP contribution in [0, 0.1) is 11.9 Å². The van der Waals surface area contributed by atoms with Crippen LogP contribution in [0.1, 0.15) is 30.1 Å². The van der Waals surface area contributed by atoms with Gasteiger partial charge in [-0.3, -0.25) is 9.59 Å². The number of hydrogen-bond acceptors (Lipinski definition) is 3. The Morgan fingerprint density at radius 1 is 1.50 bits per heavy atom. The summed E-state index contributed by atoms with van der Waals surface area (Å²) < 4.78 is 12.5. The van der Waals surface area contributed by atoms with E-state index >= 15 is 0 Å². The van der Waals surface area contributed by atoms with Gasteiger partial charge in [-0.2, -0.15) is 4.39 Å². The van der Waals surface area contributed by atoms with E-state index in [0.29, 0.717) is 19.4 Å². The van der Waals surface area contributed by atoms with Gasteiger partial charge < -0.3 is 10.4 Å². The Hall–Kier alpha value is -1.98. The molecule has 0 saturated heterocycles. The number of aromatic nitrogens is 1. The zero-order valence-electron chi connectivity index (χ0n) is 10.0. The molecule has 1 aromatic heterocycles. The standard InChI is InChI=1S/C12H15FN2O3/c1-8(12(17)18)3-2-6-14-11(16)9-4-5-10(13)15-7-9/h4-5,7-8H,2-3,6H2,1H3,(H,14,16)(H,17,18). The third kappa shape index (κ3) is 4.48. The van der Waals surface area contributed by atoms with Crippen molar-refractivity contribution in [3.8, 4) is 0 Å². The molecule has 1 amide bonds. The minimum absolute atomic E-state index is 0.280. The number of amides is 1. The lowest BCUT2D eigenvalue weighted by atomic mass is 10.1. The lowest BCUT2D eigenvalue weighted by Crippen LogP contribution is -2.25. The third-order valence-electron chi connectivity index (χ3n) is 2.51. The van der Waals surface area contributed by atoms with Crippen LogP contribution >= 0.6 is 0 Å². The number of pyridine rings is 1. The summed E-state index contributed by atoms with van der Waals surface area (Å²) in [6, 6.07) is 2.46. The minimum Gasteiger partial charge on any atom is -0.481 e. The highest BCUT2D eigenvalue weighted by atomic mass is 19.1. The summed E-state index contributed by atoms with van der Waals surface area (Å²) in [4.78, 5) is 25.5. The molecule has 0 bridgehead atoms. The van der Waals surface area contributed by atoms with Crippen LogP contribution in [0.2, 0.25) is 0 Å². The number of aliphatic carboxylic acids is 1. The van der Waals surface area contributed by atoms with E-state index in [1.807, 2.05) is 0 Å². The van der Waals surface area contributed by atoms with Gasteiger partial charge in [-0.1, -0.05) is 6.92 Å². The van der Waals surface area contributed by atoms with Gasteiger partial charge in [-0.05, 0) is 25.0 Å². The average molecular weight is 254 g/mol. The summed E-state index contributed by atoms with van der Waals surface area (Å²) in [6.45, 7) is 2.00. The van der Waals surface area contributed by atoms with E-state index in [2.05, 4.69) is 10.3 Å². The molecular weight excluding hydrogens is 239 g/mol. The summed E-state index contributed by atoms with van der Waals surface area (Å²) in [5.41, 5.74) is 0.280. The maximum atomic E-state index is 12.5. The molecule has 1 aromatic rings. The second kappa shape index (κ2) is 6.68. The highest BCUT2D eigenvalue weighted by Crippen LogP contribution is 2.04. The van der Waals surface area contributed by atoms with E-state index in [-0.39, 0.29) is 11.5 Å². The van der Waals surface area contributed by atoms with Crippen molar-refractivity contribution >= 4 is 11.9 Å². The number of hydrogen-bond donors (Lipinski definition) is 2. The zero-order chi connectivity index (χ0) is 13.5. The third-order valence-corrected chi connectivity index (χ3v) is 2.51. The maximum Gasteiger partial charge on any atom is 0.306 e. The molecule has 1 heterocycles. The lowest BCUT2D eigenvalue weighted by molar-refractivity contribution is -0.141. The number of halogens is 1. The first-order valence-electron chi connectivity index (χ1n) is 5.63. The Morgan fingerprint density at radius 2 is 2.22 bits per heavy atom. The van der Waals surface area contributed by atoms with E-state index in [1.54, 1.807) is 6.92 Å². The van der Waals surface area contributed by atoms with Gasteiger partial charge in [0, 0.05) is 12.7 Å². The van der Waals surface area contributed by atoms with E-state index in [1.165, 1.54) is 6.07 Å². The number of carboxylic acid groups (broad SMARTS) is 1. The molecule has 2 N–H and O–H groups in total. The van der Waals surface area contributed by atoms with Crippen molar-refractivity contribution in [2.24, 2.45) is 5.92 Å². The van der Waals surface area contributed by atoms with Gasteiger partial charge in [0.15, 0.2) is 0 Å². The van der Waals surface area contributed by atoms with Crippen LogP contribution in [-0.4, -0.2) is 28.5 Å². The summed E-state index contributed by atoms with van der Waals surface area (Å²) in [7, 11) is 0. The van der Waals surface area contributed by atoms with Crippen molar-refractivity contribution < 1.29 is 19.1 Å². The highest BCUT2D eigenvalue weighted by molar-refractivity contribution is 5.93. The van der Waals surface area contributed by atoms with Crippen molar-refractivity contribution in [2.45, 2.75) is 19.8 Å². The molecule has 18 heavy (non-hydrogen) atoms. The Balaban J connectivity index is 2.29. The normalized spacial score (nSPS) is 11.9. The van der Waals surface area contributed by atoms with Gasteiger partial charge in [0.1, 0.15) is 0 Å². The van der Waals surface area contributed by atoms with Crippen LogP contribution in [0.4, 0.5) is 4.39 Å². The molecule has 1 rings (SSSR count). The van der Waals surface area contributed by atoms with E-state index < -0.39 is 17.8 Å². The first-order valence-corrected chi connectivity index (χ1v) is 5.63. The number of carbonyl (C=O) groups excluding carboxylic acids is 1. The molecular formula is C12H15FN2O3.